The number of hydrogen-bond donors (Lipinski definition) is 1. The molecule has 1 N–H and O–H groups in total. The summed E-state index contributed by atoms with van der Waals surface area (Å²) in [6.07, 6.45) is 0. The molecule has 4 rings (SSSR count). The lowest BCUT2D eigenvalue weighted by Gasteiger charge is -2.09. The van der Waals surface area contributed by atoms with Crippen LogP contribution in [0.4, 0.5) is 5.69 Å². The molecule has 0 saturated carbocycles. The van der Waals surface area contributed by atoms with E-state index in [1.807, 2.05) is 66.7 Å². The highest BCUT2D eigenvalue weighted by Gasteiger charge is 2.18. The van der Waals surface area contributed by atoms with Gasteiger partial charge in [-0.3, -0.25) is 5.43 Å². The van der Waals surface area contributed by atoms with Crippen LogP contribution >= 0.6 is 27.5 Å². The number of benzene rings is 3. The summed E-state index contributed by atoms with van der Waals surface area (Å²) in [5, 5.41) is 5.32. The van der Waals surface area contributed by atoms with Gasteiger partial charge in [0.25, 0.3) is 0 Å². The van der Waals surface area contributed by atoms with Crippen LogP contribution in [0.2, 0.25) is 5.02 Å². The summed E-state index contributed by atoms with van der Waals surface area (Å²) in [4.78, 5) is 4.80. The van der Waals surface area contributed by atoms with Crippen LogP contribution in [0, 0.1) is 0 Å². The number of methoxy groups -OCH3 is 1. The SMILES string of the molecule is COc1ccc2c(c1)C(c1ccc(Cl)cc1)=NNC(c1ccc(Br)cc1)=N2. The van der Waals surface area contributed by atoms with E-state index in [0.717, 1.165) is 38.3 Å². The molecule has 0 aliphatic carbocycles. The van der Waals surface area contributed by atoms with Crippen molar-refractivity contribution in [1.82, 2.24) is 5.43 Å². The molecule has 6 heteroatoms. The highest BCUT2D eigenvalue weighted by atomic mass is 79.9. The van der Waals surface area contributed by atoms with Crippen molar-refractivity contribution >= 4 is 44.8 Å². The number of nitrogens with zero attached hydrogens (tertiary/aromatic N) is 2. The van der Waals surface area contributed by atoms with Crippen LogP contribution in [0.1, 0.15) is 16.7 Å². The first kappa shape index (κ1) is 17.8. The Labute approximate surface area is 170 Å². The Balaban J connectivity index is 1.86. The minimum Gasteiger partial charge on any atom is -0.497 e. The number of hydrazone groups is 1. The zero-order chi connectivity index (χ0) is 18.8. The fourth-order valence-electron chi connectivity index (χ4n) is 2.81. The minimum absolute atomic E-state index is 0.679. The number of halogens is 2. The molecule has 3 aromatic carbocycles. The third-order valence-corrected chi connectivity index (χ3v) is 4.98. The molecule has 1 aliphatic heterocycles. The Kier molecular flexibility index (Phi) is 4.97. The van der Waals surface area contributed by atoms with Gasteiger partial charge in [0, 0.05) is 26.2 Å². The summed E-state index contributed by atoms with van der Waals surface area (Å²) in [6.45, 7) is 0. The Morgan fingerprint density at radius 2 is 1.63 bits per heavy atom. The van der Waals surface area contributed by atoms with Crippen molar-refractivity contribution in [2.75, 3.05) is 7.11 Å². The molecule has 3 aromatic rings. The largest absolute Gasteiger partial charge is 0.497 e. The van der Waals surface area contributed by atoms with Gasteiger partial charge in [-0.15, -0.1) is 0 Å². The molecule has 1 heterocycles. The first-order valence-electron chi connectivity index (χ1n) is 8.27. The van der Waals surface area contributed by atoms with Crippen molar-refractivity contribution in [2.45, 2.75) is 0 Å². The highest BCUT2D eigenvalue weighted by Crippen LogP contribution is 2.30. The normalized spacial score (nSPS) is 13.0. The van der Waals surface area contributed by atoms with E-state index in [1.165, 1.54) is 0 Å². The molecule has 0 radical (unpaired) electrons. The third kappa shape index (κ3) is 3.75. The predicted molar refractivity (Wildman–Crippen MR) is 114 cm³/mol. The van der Waals surface area contributed by atoms with Crippen molar-refractivity contribution in [1.29, 1.82) is 0 Å². The van der Waals surface area contributed by atoms with Gasteiger partial charge in [0.15, 0.2) is 5.84 Å². The zero-order valence-electron chi connectivity index (χ0n) is 14.4. The van der Waals surface area contributed by atoms with E-state index in [4.69, 9.17) is 21.3 Å². The molecular weight excluding hydrogens is 426 g/mol. The summed E-state index contributed by atoms with van der Waals surface area (Å²) in [6, 6.07) is 21.3. The van der Waals surface area contributed by atoms with E-state index in [9.17, 15) is 0 Å². The predicted octanol–water partition coefficient (Wildman–Crippen LogP) is 5.55. The molecule has 0 aromatic heterocycles. The Hall–Kier alpha value is -2.63. The lowest BCUT2D eigenvalue weighted by Crippen LogP contribution is -2.19. The number of rotatable bonds is 3. The molecule has 0 spiro atoms. The third-order valence-electron chi connectivity index (χ3n) is 4.20. The first-order chi connectivity index (χ1) is 13.1. The van der Waals surface area contributed by atoms with E-state index < -0.39 is 0 Å². The highest BCUT2D eigenvalue weighted by molar-refractivity contribution is 9.10. The molecule has 4 nitrogen and oxygen atoms in total. The minimum atomic E-state index is 0.679. The van der Waals surface area contributed by atoms with Crippen LogP contribution < -0.4 is 10.2 Å². The van der Waals surface area contributed by atoms with Gasteiger partial charge in [0.1, 0.15) is 11.5 Å². The molecular formula is C21H15BrClN3O. The van der Waals surface area contributed by atoms with Crippen LogP contribution in [0.15, 0.2) is 81.3 Å². The number of aliphatic imine (C=N–C) groups is 1. The number of nitrogens with one attached hydrogen (secondary N) is 1. The quantitative estimate of drug-likeness (QED) is 0.581. The first-order valence-corrected chi connectivity index (χ1v) is 9.44. The molecule has 0 amide bonds. The van der Waals surface area contributed by atoms with Gasteiger partial charge >= 0.3 is 0 Å². The van der Waals surface area contributed by atoms with Gasteiger partial charge in [-0.1, -0.05) is 51.8 Å². The fourth-order valence-corrected chi connectivity index (χ4v) is 3.20. The number of amidine groups is 1. The van der Waals surface area contributed by atoms with Crippen LogP contribution in [0.3, 0.4) is 0 Å². The van der Waals surface area contributed by atoms with Crippen LogP contribution in [-0.4, -0.2) is 18.7 Å². The molecule has 134 valence electrons. The number of ether oxygens (including phenoxy) is 1. The van der Waals surface area contributed by atoms with Gasteiger partial charge in [0.2, 0.25) is 0 Å². The second kappa shape index (κ2) is 7.55. The second-order valence-corrected chi connectivity index (χ2v) is 7.28. The topological polar surface area (TPSA) is 46.0 Å². The number of fused-ring (bicyclic) bond motifs is 1. The Bertz CT molecular complexity index is 1040. The maximum absolute atomic E-state index is 6.04. The molecule has 1 aliphatic rings. The van der Waals surface area contributed by atoms with Crippen molar-refractivity contribution < 1.29 is 4.74 Å². The molecule has 0 bridgehead atoms. The monoisotopic (exact) mass is 439 g/mol. The fraction of sp³-hybridized carbons (Fsp3) is 0.0476. The summed E-state index contributed by atoms with van der Waals surface area (Å²) >= 11 is 9.50. The lowest BCUT2D eigenvalue weighted by atomic mass is 10.0. The van der Waals surface area contributed by atoms with Crippen LogP contribution in [-0.2, 0) is 0 Å². The van der Waals surface area contributed by atoms with Crippen molar-refractivity contribution in [3.8, 4) is 5.75 Å². The van der Waals surface area contributed by atoms with Gasteiger partial charge in [-0.2, -0.15) is 5.10 Å². The lowest BCUT2D eigenvalue weighted by molar-refractivity contribution is 0.415. The molecule has 27 heavy (non-hydrogen) atoms. The summed E-state index contributed by atoms with van der Waals surface area (Å²) in [7, 11) is 1.65. The Morgan fingerprint density at radius 3 is 2.33 bits per heavy atom. The summed E-state index contributed by atoms with van der Waals surface area (Å²) in [5.74, 6) is 1.43. The van der Waals surface area contributed by atoms with Gasteiger partial charge in [-0.05, 0) is 42.5 Å². The standard InChI is InChI=1S/C21H15BrClN3O/c1-27-17-10-11-19-18(12-17)20(13-4-8-16(23)9-5-13)25-26-21(24-19)14-2-6-15(22)7-3-14/h2-12H,1H3,(H,24,26). The van der Waals surface area contributed by atoms with Crippen molar-refractivity contribution in [3.05, 3.63) is 92.9 Å². The smallest absolute Gasteiger partial charge is 0.154 e. The van der Waals surface area contributed by atoms with Gasteiger partial charge in [0.05, 0.1) is 12.8 Å². The van der Waals surface area contributed by atoms with E-state index >= 15 is 0 Å². The molecule has 0 fully saturated rings. The van der Waals surface area contributed by atoms with Crippen LogP contribution in [0.5, 0.6) is 5.75 Å². The van der Waals surface area contributed by atoms with Crippen LogP contribution in [0.25, 0.3) is 0 Å². The van der Waals surface area contributed by atoms with E-state index in [2.05, 4.69) is 26.5 Å². The van der Waals surface area contributed by atoms with Crippen molar-refractivity contribution in [3.63, 3.8) is 0 Å². The second-order valence-electron chi connectivity index (χ2n) is 5.93. The average Bonchev–Trinajstić information content (AvgIpc) is 2.88. The molecule has 0 unspecified atom stereocenters. The average molecular weight is 441 g/mol. The van der Waals surface area contributed by atoms with Gasteiger partial charge < -0.3 is 4.74 Å². The summed E-state index contributed by atoms with van der Waals surface area (Å²) < 4.78 is 6.41. The van der Waals surface area contributed by atoms with E-state index in [0.29, 0.717) is 10.9 Å². The van der Waals surface area contributed by atoms with Gasteiger partial charge in [-0.25, -0.2) is 4.99 Å². The maximum Gasteiger partial charge on any atom is 0.154 e. The van der Waals surface area contributed by atoms with E-state index in [1.54, 1.807) is 7.11 Å². The summed E-state index contributed by atoms with van der Waals surface area (Å²) in [5.41, 5.74) is 7.47. The molecule has 0 saturated heterocycles. The zero-order valence-corrected chi connectivity index (χ0v) is 16.8. The van der Waals surface area contributed by atoms with Crippen molar-refractivity contribution in [2.24, 2.45) is 10.1 Å². The Morgan fingerprint density at radius 1 is 0.926 bits per heavy atom. The molecule has 0 atom stereocenters. The number of hydrogen-bond acceptors (Lipinski definition) is 4. The van der Waals surface area contributed by atoms with E-state index in [-0.39, 0.29) is 0 Å². The maximum atomic E-state index is 6.04.